The van der Waals surface area contributed by atoms with Gasteiger partial charge in [0.1, 0.15) is 4.34 Å². The third-order valence-electron chi connectivity index (χ3n) is 2.30. The number of aliphatic carboxylic acids is 1. The molecular weight excluding hydrogens is 338 g/mol. The average molecular weight is 347 g/mol. The molecule has 0 saturated heterocycles. The molecule has 1 aromatic heterocycles. The number of rotatable bonds is 4. The first-order valence-corrected chi connectivity index (χ1v) is 7.12. The van der Waals surface area contributed by atoms with Crippen LogP contribution in [0.4, 0.5) is 11.4 Å². The van der Waals surface area contributed by atoms with Crippen LogP contribution in [0.5, 0.6) is 0 Å². The lowest BCUT2D eigenvalue weighted by molar-refractivity contribution is -0.136. The van der Waals surface area contributed by atoms with E-state index in [1.807, 2.05) is 24.3 Å². The molecule has 94 valence electrons. The summed E-state index contributed by atoms with van der Waals surface area (Å²) < 4.78 is 1.45. The minimum atomic E-state index is -0.875. The molecule has 0 bridgehead atoms. The van der Waals surface area contributed by atoms with Crippen LogP contribution < -0.4 is 5.32 Å². The summed E-state index contributed by atoms with van der Waals surface area (Å²) >= 11 is 10.8. The predicted molar refractivity (Wildman–Crippen MR) is 78.1 cm³/mol. The largest absolute Gasteiger partial charge is 0.481 e. The van der Waals surface area contributed by atoms with Crippen LogP contribution in [-0.4, -0.2) is 11.1 Å². The fourth-order valence-corrected chi connectivity index (χ4v) is 2.92. The predicted octanol–water partition coefficient (Wildman–Crippen LogP) is 4.53. The molecule has 0 fully saturated rings. The molecule has 0 saturated carbocycles. The second kappa shape index (κ2) is 5.73. The summed E-state index contributed by atoms with van der Waals surface area (Å²) in [5.41, 5.74) is 2.20. The maximum atomic E-state index is 10.8. The van der Waals surface area contributed by atoms with E-state index in [1.165, 1.54) is 11.3 Å². The zero-order chi connectivity index (χ0) is 13.1. The Morgan fingerprint density at radius 2 is 2.17 bits per heavy atom. The van der Waals surface area contributed by atoms with E-state index >= 15 is 0 Å². The first kappa shape index (κ1) is 13.4. The molecule has 6 heteroatoms. The van der Waals surface area contributed by atoms with Gasteiger partial charge in [-0.3, -0.25) is 4.79 Å². The fourth-order valence-electron chi connectivity index (χ4n) is 1.49. The van der Waals surface area contributed by atoms with E-state index in [0.29, 0.717) is 15.6 Å². The highest BCUT2D eigenvalue weighted by molar-refractivity contribution is 9.10. The van der Waals surface area contributed by atoms with Crippen molar-refractivity contribution in [2.24, 2.45) is 0 Å². The molecule has 18 heavy (non-hydrogen) atoms. The van der Waals surface area contributed by atoms with Crippen LogP contribution in [-0.2, 0) is 11.2 Å². The zero-order valence-electron chi connectivity index (χ0n) is 9.11. The van der Waals surface area contributed by atoms with Crippen molar-refractivity contribution in [3.8, 4) is 0 Å². The Hall–Kier alpha value is -1.04. The fraction of sp³-hybridized carbons (Fsp3) is 0.0833. The zero-order valence-corrected chi connectivity index (χ0v) is 12.3. The van der Waals surface area contributed by atoms with Crippen LogP contribution in [0.15, 0.2) is 34.1 Å². The van der Waals surface area contributed by atoms with Crippen molar-refractivity contribution in [1.82, 2.24) is 0 Å². The van der Waals surface area contributed by atoms with E-state index < -0.39 is 5.97 Å². The lowest BCUT2D eigenvalue weighted by Crippen LogP contribution is -2.02. The molecule has 1 aromatic carbocycles. The summed E-state index contributed by atoms with van der Waals surface area (Å²) in [7, 11) is 0. The highest BCUT2D eigenvalue weighted by Gasteiger charge is 2.14. The van der Waals surface area contributed by atoms with Crippen LogP contribution in [0.25, 0.3) is 0 Å². The van der Waals surface area contributed by atoms with Crippen molar-refractivity contribution in [2.45, 2.75) is 6.42 Å². The van der Waals surface area contributed by atoms with Gasteiger partial charge in [-0.2, -0.15) is 0 Å². The Labute approximate surface area is 122 Å². The number of carboxylic acid groups (broad SMARTS) is 1. The van der Waals surface area contributed by atoms with Gasteiger partial charge in [0.05, 0.1) is 17.8 Å². The van der Waals surface area contributed by atoms with Crippen molar-refractivity contribution in [3.63, 3.8) is 0 Å². The average Bonchev–Trinajstić information content (AvgIpc) is 2.64. The van der Waals surface area contributed by atoms with Crippen LogP contribution in [0.1, 0.15) is 5.56 Å². The van der Waals surface area contributed by atoms with Crippen LogP contribution in [0.2, 0.25) is 4.34 Å². The quantitative estimate of drug-likeness (QED) is 0.855. The van der Waals surface area contributed by atoms with E-state index in [-0.39, 0.29) is 6.42 Å². The molecule has 0 spiro atoms. The number of carboxylic acids is 1. The van der Waals surface area contributed by atoms with Gasteiger partial charge in [-0.15, -0.1) is 11.3 Å². The molecule has 2 aromatic rings. The molecule has 0 atom stereocenters. The number of benzene rings is 1. The number of hydrogen-bond acceptors (Lipinski definition) is 3. The molecule has 1 heterocycles. The standard InChI is InChI=1S/C12H9BrClNO2S/c13-8-3-1-2-4-9(8)15-11-7(5-10(16)17)6-18-12(11)14/h1-4,6,15H,5H2,(H,16,17). The van der Waals surface area contributed by atoms with Crippen LogP contribution in [0.3, 0.4) is 0 Å². The van der Waals surface area contributed by atoms with Crippen molar-refractivity contribution >= 4 is 56.2 Å². The van der Waals surface area contributed by atoms with Gasteiger partial charge in [-0.25, -0.2) is 0 Å². The Morgan fingerprint density at radius 3 is 2.83 bits per heavy atom. The number of halogens is 2. The number of carbonyl (C=O) groups is 1. The van der Waals surface area contributed by atoms with Crippen molar-refractivity contribution in [3.05, 3.63) is 44.0 Å². The van der Waals surface area contributed by atoms with E-state index in [0.717, 1.165) is 10.2 Å². The Bertz CT molecular complexity index is 585. The van der Waals surface area contributed by atoms with Gasteiger partial charge in [0.2, 0.25) is 0 Å². The van der Waals surface area contributed by atoms with Gasteiger partial charge in [0.25, 0.3) is 0 Å². The SMILES string of the molecule is O=C(O)Cc1csc(Cl)c1Nc1ccccc1Br. The van der Waals surface area contributed by atoms with E-state index in [4.69, 9.17) is 16.7 Å². The van der Waals surface area contributed by atoms with Gasteiger partial charge in [0.15, 0.2) is 0 Å². The minimum Gasteiger partial charge on any atom is -0.481 e. The van der Waals surface area contributed by atoms with E-state index in [1.54, 1.807) is 5.38 Å². The minimum absolute atomic E-state index is 0.0456. The smallest absolute Gasteiger partial charge is 0.307 e. The second-order valence-electron chi connectivity index (χ2n) is 3.59. The van der Waals surface area contributed by atoms with Crippen molar-refractivity contribution in [1.29, 1.82) is 0 Å². The van der Waals surface area contributed by atoms with Crippen LogP contribution >= 0.6 is 38.9 Å². The summed E-state index contributed by atoms with van der Waals surface area (Å²) in [6.45, 7) is 0. The first-order chi connectivity index (χ1) is 8.58. The Balaban J connectivity index is 2.31. The molecule has 0 unspecified atom stereocenters. The Morgan fingerprint density at radius 1 is 1.44 bits per heavy atom. The van der Waals surface area contributed by atoms with Crippen molar-refractivity contribution < 1.29 is 9.90 Å². The topological polar surface area (TPSA) is 49.3 Å². The maximum absolute atomic E-state index is 10.8. The molecule has 0 aliphatic heterocycles. The summed E-state index contributed by atoms with van der Waals surface area (Å²) in [4.78, 5) is 10.8. The number of thiophene rings is 1. The van der Waals surface area contributed by atoms with Crippen molar-refractivity contribution in [2.75, 3.05) is 5.32 Å². The number of nitrogens with one attached hydrogen (secondary N) is 1. The monoisotopic (exact) mass is 345 g/mol. The lowest BCUT2D eigenvalue weighted by Gasteiger charge is -2.09. The number of hydrogen-bond donors (Lipinski definition) is 2. The molecule has 0 radical (unpaired) electrons. The van der Waals surface area contributed by atoms with E-state index in [9.17, 15) is 4.79 Å². The molecular formula is C12H9BrClNO2S. The summed E-state index contributed by atoms with van der Waals surface area (Å²) in [5.74, 6) is -0.875. The molecule has 2 rings (SSSR count). The van der Waals surface area contributed by atoms with Gasteiger partial charge >= 0.3 is 5.97 Å². The van der Waals surface area contributed by atoms with Gasteiger partial charge in [-0.1, -0.05) is 23.7 Å². The van der Waals surface area contributed by atoms with E-state index in [2.05, 4.69) is 21.2 Å². The number of anilines is 2. The highest BCUT2D eigenvalue weighted by Crippen LogP contribution is 2.37. The maximum Gasteiger partial charge on any atom is 0.307 e. The highest BCUT2D eigenvalue weighted by atomic mass is 79.9. The summed E-state index contributed by atoms with van der Waals surface area (Å²) in [5, 5.41) is 13.8. The molecule has 0 amide bonds. The molecule has 0 aliphatic rings. The van der Waals surface area contributed by atoms with Crippen LogP contribution in [0, 0.1) is 0 Å². The second-order valence-corrected chi connectivity index (χ2v) is 5.92. The van der Waals surface area contributed by atoms with Gasteiger partial charge < -0.3 is 10.4 Å². The van der Waals surface area contributed by atoms with Gasteiger partial charge in [-0.05, 0) is 39.0 Å². The first-order valence-electron chi connectivity index (χ1n) is 5.07. The third-order valence-corrected chi connectivity index (χ3v) is 4.26. The molecule has 0 aliphatic carbocycles. The van der Waals surface area contributed by atoms with Gasteiger partial charge in [0, 0.05) is 4.47 Å². The number of para-hydroxylation sites is 1. The summed E-state index contributed by atoms with van der Waals surface area (Å²) in [6, 6.07) is 7.59. The lowest BCUT2D eigenvalue weighted by atomic mass is 10.2. The summed E-state index contributed by atoms with van der Waals surface area (Å²) in [6.07, 6.45) is -0.0456. The Kier molecular flexibility index (Phi) is 4.27. The normalized spacial score (nSPS) is 10.3. The molecule has 2 N–H and O–H groups in total. The molecule has 3 nitrogen and oxygen atoms in total. The third kappa shape index (κ3) is 3.04.